The molecule has 0 bridgehead atoms. The molecule has 1 aliphatic heterocycles. The van der Waals surface area contributed by atoms with E-state index >= 15 is 0 Å². The number of carbonyl (C=O) groups excluding carboxylic acids is 1. The molecule has 3 aromatic rings. The molecule has 0 unspecified atom stereocenters. The van der Waals surface area contributed by atoms with E-state index < -0.39 is 11.9 Å². The number of primary amides is 1. The molecule has 0 aliphatic carbocycles. The number of hydrogen-bond donors (Lipinski definition) is 4. The van der Waals surface area contributed by atoms with E-state index in [0.29, 0.717) is 17.7 Å². The van der Waals surface area contributed by atoms with Gasteiger partial charge in [0.25, 0.3) is 0 Å². The highest BCUT2D eigenvalue weighted by molar-refractivity contribution is 6.01. The van der Waals surface area contributed by atoms with Crippen LogP contribution in [0.2, 0.25) is 0 Å². The van der Waals surface area contributed by atoms with Gasteiger partial charge in [-0.15, -0.1) is 0 Å². The van der Waals surface area contributed by atoms with Gasteiger partial charge in [-0.3, -0.25) is 10.2 Å². The lowest BCUT2D eigenvalue weighted by atomic mass is 9.93. The van der Waals surface area contributed by atoms with Crippen LogP contribution in [0, 0.1) is 5.41 Å². The molecule has 3 aromatic carbocycles. The first-order chi connectivity index (χ1) is 14.8. The van der Waals surface area contributed by atoms with E-state index in [1.54, 1.807) is 12.1 Å². The summed E-state index contributed by atoms with van der Waals surface area (Å²) in [5.41, 5.74) is 16.4. The first kappa shape index (κ1) is 20.2. The number of nitrogens with zero attached hydrogens (tertiary/aromatic N) is 1. The summed E-state index contributed by atoms with van der Waals surface area (Å²) in [6.45, 7) is 1.41. The van der Waals surface area contributed by atoms with Crippen molar-refractivity contribution in [1.82, 2.24) is 0 Å². The Balaban J connectivity index is 1.72. The molecule has 0 aromatic heterocycles. The second-order valence-electron chi connectivity index (χ2n) is 7.52. The fourth-order valence-corrected chi connectivity index (χ4v) is 4.04. The number of amidine groups is 1. The number of benzene rings is 3. The fourth-order valence-electron chi connectivity index (χ4n) is 4.04. The quantitative estimate of drug-likeness (QED) is 0.363. The van der Waals surface area contributed by atoms with Crippen LogP contribution in [0.1, 0.15) is 37.4 Å². The molecule has 1 aliphatic rings. The Hall–Kier alpha value is -4.13. The Morgan fingerprint density at radius 3 is 2.42 bits per heavy atom. The lowest BCUT2D eigenvalue weighted by Crippen LogP contribution is -2.20. The van der Waals surface area contributed by atoms with E-state index in [2.05, 4.69) is 4.90 Å². The standard InChI is InChI=1S/C24H22N4O3/c25-22(26)15-6-8-21-14(11-15)9-10-28(21)13-17-3-1-2-4-18(17)19-7-5-16(23(27)29)12-20(19)24(30)31/h1-8,11-12H,9-10,13H2,(H3,25,26)(H2,27,29)(H,30,31). The van der Waals surface area contributed by atoms with Crippen LogP contribution in [0.3, 0.4) is 0 Å². The molecule has 7 nitrogen and oxygen atoms in total. The third-order valence-electron chi connectivity index (χ3n) is 5.59. The summed E-state index contributed by atoms with van der Waals surface area (Å²) < 4.78 is 0. The summed E-state index contributed by atoms with van der Waals surface area (Å²) in [5, 5.41) is 17.4. The zero-order valence-corrected chi connectivity index (χ0v) is 16.8. The van der Waals surface area contributed by atoms with Crippen LogP contribution < -0.4 is 16.4 Å². The number of amides is 1. The monoisotopic (exact) mass is 414 g/mol. The van der Waals surface area contributed by atoms with Crippen molar-refractivity contribution in [2.75, 3.05) is 11.4 Å². The molecule has 7 heteroatoms. The van der Waals surface area contributed by atoms with Crippen molar-refractivity contribution in [2.24, 2.45) is 11.5 Å². The topological polar surface area (TPSA) is 134 Å². The van der Waals surface area contributed by atoms with Gasteiger partial charge in [0.05, 0.1) is 5.56 Å². The Morgan fingerprint density at radius 1 is 0.968 bits per heavy atom. The van der Waals surface area contributed by atoms with Crippen LogP contribution in [0.15, 0.2) is 60.7 Å². The van der Waals surface area contributed by atoms with E-state index in [1.807, 2.05) is 42.5 Å². The van der Waals surface area contributed by atoms with Gasteiger partial charge in [-0.2, -0.15) is 0 Å². The molecule has 0 atom stereocenters. The molecular weight excluding hydrogens is 392 g/mol. The molecule has 6 N–H and O–H groups in total. The third-order valence-corrected chi connectivity index (χ3v) is 5.59. The van der Waals surface area contributed by atoms with E-state index in [-0.39, 0.29) is 17.0 Å². The first-order valence-corrected chi connectivity index (χ1v) is 9.83. The summed E-state index contributed by atoms with van der Waals surface area (Å²) in [5.74, 6) is -1.73. The molecule has 0 saturated heterocycles. The van der Waals surface area contributed by atoms with Crippen molar-refractivity contribution in [1.29, 1.82) is 5.41 Å². The molecule has 4 rings (SSSR count). The number of aromatic carboxylic acids is 1. The summed E-state index contributed by atoms with van der Waals surface area (Å²) >= 11 is 0. The summed E-state index contributed by atoms with van der Waals surface area (Å²) in [4.78, 5) is 25.6. The van der Waals surface area contributed by atoms with Crippen LogP contribution in [-0.2, 0) is 13.0 Å². The zero-order valence-electron chi connectivity index (χ0n) is 16.8. The Morgan fingerprint density at radius 2 is 1.71 bits per heavy atom. The number of carbonyl (C=O) groups is 2. The van der Waals surface area contributed by atoms with Gasteiger partial charge < -0.3 is 21.5 Å². The minimum absolute atomic E-state index is 0.0386. The predicted molar refractivity (Wildman–Crippen MR) is 120 cm³/mol. The molecule has 156 valence electrons. The summed E-state index contributed by atoms with van der Waals surface area (Å²) in [6, 6.07) is 17.9. The normalized spacial score (nSPS) is 12.5. The Labute approximate surface area is 179 Å². The number of nitrogen functional groups attached to an aromatic ring is 1. The van der Waals surface area contributed by atoms with Crippen molar-refractivity contribution in [3.05, 3.63) is 88.5 Å². The Bertz CT molecular complexity index is 1220. The average Bonchev–Trinajstić information content (AvgIpc) is 3.15. The van der Waals surface area contributed by atoms with Gasteiger partial charge in [-0.05, 0) is 59.0 Å². The molecule has 1 heterocycles. The van der Waals surface area contributed by atoms with Crippen LogP contribution in [0.25, 0.3) is 11.1 Å². The molecule has 0 saturated carbocycles. The van der Waals surface area contributed by atoms with Crippen LogP contribution in [0.4, 0.5) is 5.69 Å². The van der Waals surface area contributed by atoms with Crippen molar-refractivity contribution >= 4 is 23.4 Å². The van der Waals surface area contributed by atoms with Gasteiger partial charge in [-0.25, -0.2) is 4.79 Å². The zero-order chi connectivity index (χ0) is 22.1. The third kappa shape index (κ3) is 3.85. The predicted octanol–water partition coefficient (Wildman–Crippen LogP) is 3.00. The first-order valence-electron chi connectivity index (χ1n) is 9.83. The largest absolute Gasteiger partial charge is 0.478 e. The van der Waals surface area contributed by atoms with Crippen molar-refractivity contribution in [3.8, 4) is 11.1 Å². The van der Waals surface area contributed by atoms with Crippen LogP contribution in [0.5, 0.6) is 0 Å². The van der Waals surface area contributed by atoms with Gasteiger partial charge in [0.15, 0.2) is 0 Å². The lowest BCUT2D eigenvalue weighted by Gasteiger charge is -2.22. The smallest absolute Gasteiger partial charge is 0.336 e. The van der Waals surface area contributed by atoms with Crippen LogP contribution >= 0.6 is 0 Å². The molecule has 0 spiro atoms. The molecule has 0 radical (unpaired) electrons. The maximum atomic E-state index is 11.9. The van der Waals surface area contributed by atoms with Gasteiger partial charge in [0, 0.05) is 29.9 Å². The molecule has 31 heavy (non-hydrogen) atoms. The average molecular weight is 414 g/mol. The fraction of sp³-hybridized carbons (Fsp3) is 0.125. The van der Waals surface area contributed by atoms with Gasteiger partial charge in [0.2, 0.25) is 5.91 Å². The minimum atomic E-state index is -1.11. The van der Waals surface area contributed by atoms with E-state index in [9.17, 15) is 14.7 Å². The van der Waals surface area contributed by atoms with E-state index in [4.69, 9.17) is 16.9 Å². The van der Waals surface area contributed by atoms with E-state index in [1.165, 1.54) is 6.07 Å². The maximum Gasteiger partial charge on any atom is 0.336 e. The van der Waals surface area contributed by atoms with Crippen molar-refractivity contribution in [3.63, 3.8) is 0 Å². The van der Waals surface area contributed by atoms with Crippen LogP contribution in [-0.4, -0.2) is 29.4 Å². The summed E-state index contributed by atoms with van der Waals surface area (Å²) in [6.07, 6.45) is 0.853. The number of hydrogen-bond acceptors (Lipinski definition) is 4. The number of anilines is 1. The van der Waals surface area contributed by atoms with Crippen molar-refractivity contribution < 1.29 is 14.7 Å². The van der Waals surface area contributed by atoms with Crippen molar-refractivity contribution in [2.45, 2.75) is 13.0 Å². The lowest BCUT2D eigenvalue weighted by molar-refractivity contribution is 0.0697. The van der Waals surface area contributed by atoms with Gasteiger partial charge in [-0.1, -0.05) is 30.3 Å². The molecular formula is C24H22N4O3. The number of carboxylic acid groups (broad SMARTS) is 1. The SMILES string of the molecule is N=C(N)c1ccc2c(c1)CCN2Cc1ccccc1-c1ccc(C(N)=O)cc1C(=O)O. The highest BCUT2D eigenvalue weighted by atomic mass is 16.4. The molecule has 1 amide bonds. The van der Waals surface area contributed by atoms with Gasteiger partial charge in [0.1, 0.15) is 5.84 Å². The van der Waals surface area contributed by atoms with Gasteiger partial charge >= 0.3 is 5.97 Å². The highest BCUT2D eigenvalue weighted by Gasteiger charge is 2.22. The number of carboxylic acids is 1. The second kappa shape index (κ2) is 7.95. The maximum absolute atomic E-state index is 11.9. The second-order valence-corrected chi connectivity index (χ2v) is 7.52. The highest BCUT2D eigenvalue weighted by Crippen LogP contribution is 2.34. The number of nitrogens with two attached hydrogens (primary N) is 2. The molecule has 0 fully saturated rings. The number of rotatable bonds is 6. The Kier molecular flexibility index (Phi) is 5.17. The minimum Gasteiger partial charge on any atom is -0.478 e. The number of nitrogens with one attached hydrogen (secondary N) is 1. The number of fused-ring (bicyclic) bond motifs is 1. The van der Waals surface area contributed by atoms with E-state index in [0.717, 1.165) is 35.3 Å². The summed E-state index contributed by atoms with van der Waals surface area (Å²) in [7, 11) is 0.